The van der Waals surface area contributed by atoms with Crippen molar-refractivity contribution in [3.05, 3.63) is 234 Å². The van der Waals surface area contributed by atoms with Crippen molar-refractivity contribution in [1.29, 1.82) is 5.26 Å². The molecule has 1 spiro atoms. The van der Waals surface area contributed by atoms with E-state index >= 15 is 0 Å². The lowest BCUT2D eigenvalue weighted by Gasteiger charge is -2.40. The summed E-state index contributed by atoms with van der Waals surface area (Å²) in [6.07, 6.45) is 4.46. The molecule has 0 radical (unpaired) electrons. The zero-order valence-corrected chi connectivity index (χ0v) is 35.3. The van der Waals surface area contributed by atoms with E-state index in [1.54, 1.807) is 0 Å². The number of fused-ring (bicyclic) bond motifs is 9. The number of nitrogens with zero attached hydrogens (tertiary/aromatic N) is 5. The number of allylic oxidation sites excluding steroid dienone is 4. The predicted molar refractivity (Wildman–Crippen MR) is 260 cm³/mol. The van der Waals surface area contributed by atoms with Gasteiger partial charge < -0.3 is 4.57 Å². The van der Waals surface area contributed by atoms with Crippen molar-refractivity contribution in [3.8, 4) is 68.2 Å². The molecule has 0 saturated carbocycles. The van der Waals surface area contributed by atoms with Crippen molar-refractivity contribution in [2.24, 2.45) is 0 Å². The zero-order valence-electron chi connectivity index (χ0n) is 35.3. The molecule has 5 nitrogen and oxygen atoms in total. The van der Waals surface area contributed by atoms with E-state index in [0.29, 0.717) is 23.0 Å². The van der Waals surface area contributed by atoms with Gasteiger partial charge >= 0.3 is 0 Å². The molecule has 3 heterocycles. The molecule has 12 rings (SSSR count). The SMILES string of the molecule is C/C=C\C1=C(C)C2(c3ccccc31)c1cc(-c3ccc(-c4nc(-c5ccccc5)nc(-c5cccc(-c6cccc(C#N)c6)c5)n4)cc3)ccc1-n1c3ccccc3c3cccc2c31. The lowest BCUT2D eigenvalue weighted by molar-refractivity contribution is 0.726. The Labute approximate surface area is 371 Å². The lowest BCUT2D eigenvalue weighted by atomic mass is 9.64. The Hall–Kier alpha value is -8.46. The second kappa shape index (κ2) is 14.6. The van der Waals surface area contributed by atoms with Crippen molar-refractivity contribution < 1.29 is 0 Å². The molecule has 0 saturated heterocycles. The van der Waals surface area contributed by atoms with Gasteiger partial charge in [0.25, 0.3) is 0 Å². The summed E-state index contributed by atoms with van der Waals surface area (Å²) in [6.45, 7) is 4.45. The number of hydrogen-bond donors (Lipinski definition) is 0. The summed E-state index contributed by atoms with van der Waals surface area (Å²) in [5.74, 6) is 1.78. The summed E-state index contributed by atoms with van der Waals surface area (Å²) in [5.41, 5.74) is 18.5. The van der Waals surface area contributed by atoms with Crippen molar-refractivity contribution in [3.63, 3.8) is 0 Å². The quantitative estimate of drug-likeness (QED) is 0.168. The Balaban J connectivity index is 1.01. The summed E-state index contributed by atoms with van der Waals surface area (Å²) in [6, 6.07) is 68.5. The van der Waals surface area contributed by atoms with Gasteiger partial charge in [-0.2, -0.15) is 5.26 Å². The second-order valence-corrected chi connectivity index (χ2v) is 16.6. The fraction of sp³-hybridized carbons (Fsp3) is 0.0508. The van der Waals surface area contributed by atoms with Crippen molar-refractivity contribution in [1.82, 2.24) is 19.5 Å². The van der Waals surface area contributed by atoms with Crippen LogP contribution in [0.5, 0.6) is 0 Å². The molecular formula is C59H39N5. The first-order valence-electron chi connectivity index (χ1n) is 21.7. The molecule has 64 heavy (non-hydrogen) atoms. The Morgan fingerprint density at radius 2 is 1.08 bits per heavy atom. The van der Waals surface area contributed by atoms with Gasteiger partial charge in [-0.15, -0.1) is 0 Å². The Bertz CT molecular complexity index is 3640. The summed E-state index contributed by atoms with van der Waals surface area (Å²) in [5, 5.41) is 12.1. The lowest BCUT2D eigenvalue weighted by Crippen LogP contribution is -2.34. The van der Waals surface area contributed by atoms with E-state index in [4.69, 9.17) is 15.0 Å². The van der Waals surface area contributed by atoms with E-state index in [1.807, 2.05) is 72.8 Å². The third-order valence-electron chi connectivity index (χ3n) is 13.3. The van der Waals surface area contributed by atoms with Crippen LogP contribution in [0.15, 0.2) is 206 Å². The Morgan fingerprint density at radius 3 is 1.88 bits per heavy atom. The van der Waals surface area contributed by atoms with Crippen LogP contribution in [0.2, 0.25) is 0 Å². The first kappa shape index (κ1) is 37.3. The highest BCUT2D eigenvalue weighted by molar-refractivity contribution is 6.13. The third-order valence-corrected chi connectivity index (χ3v) is 13.3. The number of para-hydroxylation sites is 2. The first-order valence-corrected chi connectivity index (χ1v) is 21.7. The minimum Gasteiger partial charge on any atom is -0.309 e. The normalized spacial score (nSPS) is 15.0. The fourth-order valence-electron chi connectivity index (χ4n) is 10.4. The number of rotatable bonds is 6. The maximum absolute atomic E-state index is 9.56. The van der Waals surface area contributed by atoms with Crippen LogP contribution in [-0.2, 0) is 5.41 Å². The average Bonchev–Trinajstić information content (AvgIpc) is 3.83. The largest absolute Gasteiger partial charge is 0.309 e. The summed E-state index contributed by atoms with van der Waals surface area (Å²) >= 11 is 0. The molecule has 300 valence electrons. The molecule has 2 aromatic heterocycles. The van der Waals surface area contributed by atoms with Crippen LogP contribution in [0, 0.1) is 11.3 Å². The molecule has 2 aliphatic rings. The summed E-state index contributed by atoms with van der Waals surface area (Å²) in [4.78, 5) is 15.2. The molecule has 1 aliphatic carbocycles. The molecule has 1 unspecified atom stereocenters. The molecule has 10 aromatic rings. The van der Waals surface area contributed by atoms with Crippen molar-refractivity contribution in [2.75, 3.05) is 0 Å². The van der Waals surface area contributed by atoms with E-state index in [0.717, 1.165) is 38.9 Å². The van der Waals surface area contributed by atoms with E-state index in [-0.39, 0.29) is 0 Å². The van der Waals surface area contributed by atoms with Gasteiger partial charge in [0.05, 0.1) is 33.8 Å². The standard InChI is InChI=1S/C59H39N5/c1-3-14-46-37(2)59(50-24-9-7-21-47(46)50)51-25-13-23-49-48-22-8-10-26-53(48)64(55(49)51)54-32-31-44(35-52(54)59)39-27-29-41(30-28-39)57-61-56(40-16-5-4-6-17-40)62-58(63-57)45-20-12-19-43(34-45)42-18-11-15-38(33-42)36-60/h3-35H,1-2H3/b14-3-. The maximum atomic E-state index is 9.56. The van der Waals surface area contributed by atoms with Gasteiger partial charge in [0.1, 0.15) is 0 Å². The number of aromatic nitrogens is 4. The summed E-state index contributed by atoms with van der Waals surface area (Å²) in [7, 11) is 0. The van der Waals surface area contributed by atoms with Crippen LogP contribution >= 0.6 is 0 Å². The molecule has 0 fully saturated rings. The van der Waals surface area contributed by atoms with Crippen molar-refractivity contribution in [2.45, 2.75) is 19.3 Å². The monoisotopic (exact) mass is 817 g/mol. The first-order chi connectivity index (χ1) is 31.5. The van der Waals surface area contributed by atoms with Crippen LogP contribution in [0.1, 0.15) is 41.7 Å². The van der Waals surface area contributed by atoms with Crippen LogP contribution < -0.4 is 0 Å². The number of benzene rings is 8. The van der Waals surface area contributed by atoms with E-state index in [1.165, 1.54) is 60.9 Å². The Morgan fingerprint density at radius 1 is 0.500 bits per heavy atom. The second-order valence-electron chi connectivity index (χ2n) is 16.6. The molecule has 1 aliphatic heterocycles. The van der Waals surface area contributed by atoms with Gasteiger partial charge in [0.2, 0.25) is 0 Å². The van der Waals surface area contributed by atoms with Gasteiger partial charge in [-0.05, 0) is 106 Å². The fourth-order valence-corrected chi connectivity index (χ4v) is 10.4. The Kier molecular flexibility index (Phi) is 8.50. The van der Waals surface area contributed by atoms with Gasteiger partial charge in [-0.25, -0.2) is 15.0 Å². The predicted octanol–water partition coefficient (Wildman–Crippen LogP) is 14.2. The molecular weight excluding hydrogens is 779 g/mol. The minimum absolute atomic E-state index is 0.494. The smallest absolute Gasteiger partial charge is 0.164 e. The summed E-state index contributed by atoms with van der Waals surface area (Å²) < 4.78 is 2.50. The van der Waals surface area contributed by atoms with E-state index < -0.39 is 5.41 Å². The van der Waals surface area contributed by atoms with Crippen LogP contribution in [0.4, 0.5) is 0 Å². The highest BCUT2D eigenvalue weighted by atomic mass is 15.0. The van der Waals surface area contributed by atoms with Gasteiger partial charge in [0.15, 0.2) is 17.5 Å². The van der Waals surface area contributed by atoms with Gasteiger partial charge in [-0.1, -0.05) is 164 Å². The van der Waals surface area contributed by atoms with Crippen LogP contribution in [-0.4, -0.2) is 19.5 Å². The van der Waals surface area contributed by atoms with E-state index in [9.17, 15) is 5.26 Å². The maximum Gasteiger partial charge on any atom is 0.164 e. The molecule has 0 amide bonds. The molecule has 8 aromatic carbocycles. The van der Waals surface area contributed by atoms with Crippen LogP contribution in [0.3, 0.4) is 0 Å². The van der Waals surface area contributed by atoms with Gasteiger partial charge in [0, 0.05) is 27.5 Å². The molecule has 0 bridgehead atoms. The van der Waals surface area contributed by atoms with Gasteiger partial charge in [-0.3, -0.25) is 0 Å². The highest BCUT2D eigenvalue weighted by Gasteiger charge is 2.50. The topological polar surface area (TPSA) is 67.4 Å². The minimum atomic E-state index is -0.494. The van der Waals surface area contributed by atoms with E-state index in [2.05, 4.69) is 152 Å². The molecule has 0 N–H and O–H groups in total. The van der Waals surface area contributed by atoms with Crippen LogP contribution in [0.25, 0.3) is 89.5 Å². The van der Waals surface area contributed by atoms with Crippen molar-refractivity contribution >= 4 is 27.4 Å². The zero-order chi connectivity index (χ0) is 42.9. The highest BCUT2D eigenvalue weighted by Crippen LogP contribution is 2.60. The average molecular weight is 818 g/mol. The number of nitriles is 1. The number of hydrogen-bond acceptors (Lipinski definition) is 4. The molecule has 1 atom stereocenters. The molecule has 5 heteroatoms. The third kappa shape index (κ3) is 5.53.